The molecule has 0 bridgehead atoms. The van der Waals surface area contributed by atoms with Crippen LogP contribution < -0.4 is 5.32 Å². The molecule has 0 spiro atoms. The standard InChI is InChI=1S/C20H18N2O3/c1-13-7-10-16(11-8-13)21-19(23)14(2)25-20(24)18-12-9-15-5-3-4-6-17(15)22-18/h3-12,14H,1-2H3,(H,21,23)/t14-/m0/s1. The van der Waals surface area contributed by atoms with Crippen LogP contribution in [0.1, 0.15) is 23.0 Å². The minimum Gasteiger partial charge on any atom is -0.448 e. The zero-order valence-electron chi connectivity index (χ0n) is 14.0. The Bertz CT molecular complexity index is 920. The molecule has 1 aromatic heterocycles. The highest BCUT2D eigenvalue weighted by Gasteiger charge is 2.20. The molecule has 0 unspecified atom stereocenters. The number of fused-ring (bicyclic) bond motifs is 1. The maximum atomic E-state index is 12.2. The van der Waals surface area contributed by atoms with Gasteiger partial charge in [0, 0.05) is 11.1 Å². The zero-order chi connectivity index (χ0) is 17.8. The number of esters is 1. The van der Waals surface area contributed by atoms with Gasteiger partial charge in [-0.05, 0) is 38.1 Å². The normalized spacial score (nSPS) is 11.8. The van der Waals surface area contributed by atoms with Crippen molar-refractivity contribution in [2.24, 2.45) is 0 Å². The molecule has 0 aliphatic heterocycles. The number of benzene rings is 2. The molecule has 0 saturated carbocycles. The molecule has 0 aliphatic carbocycles. The molecule has 0 saturated heterocycles. The number of aryl methyl sites for hydroxylation is 1. The van der Waals surface area contributed by atoms with Gasteiger partial charge in [-0.1, -0.05) is 42.0 Å². The van der Waals surface area contributed by atoms with Gasteiger partial charge in [0.05, 0.1) is 5.52 Å². The van der Waals surface area contributed by atoms with E-state index in [0.29, 0.717) is 11.2 Å². The van der Waals surface area contributed by atoms with E-state index in [1.165, 1.54) is 6.92 Å². The van der Waals surface area contributed by atoms with Gasteiger partial charge in [-0.2, -0.15) is 0 Å². The zero-order valence-corrected chi connectivity index (χ0v) is 14.0. The summed E-state index contributed by atoms with van der Waals surface area (Å²) in [6, 6.07) is 18.3. The molecule has 126 valence electrons. The highest BCUT2D eigenvalue weighted by molar-refractivity contribution is 5.97. The van der Waals surface area contributed by atoms with Crippen molar-refractivity contribution >= 4 is 28.5 Å². The largest absolute Gasteiger partial charge is 0.448 e. The fourth-order valence-corrected chi connectivity index (χ4v) is 2.33. The smallest absolute Gasteiger partial charge is 0.357 e. The highest BCUT2D eigenvalue weighted by Crippen LogP contribution is 2.14. The number of hydrogen-bond donors (Lipinski definition) is 1. The third-order valence-corrected chi connectivity index (χ3v) is 3.78. The van der Waals surface area contributed by atoms with Crippen LogP contribution in [-0.2, 0) is 9.53 Å². The van der Waals surface area contributed by atoms with Gasteiger partial charge in [0.25, 0.3) is 5.91 Å². The highest BCUT2D eigenvalue weighted by atomic mass is 16.5. The molecule has 1 heterocycles. The van der Waals surface area contributed by atoms with Crippen LogP contribution >= 0.6 is 0 Å². The Morgan fingerprint density at radius 1 is 1.00 bits per heavy atom. The number of rotatable bonds is 4. The minimum atomic E-state index is -0.929. The Kier molecular flexibility index (Phi) is 4.75. The van der Waals surface area contributed by atoms with Crippen LogP contribution in [0.3, 0.4) is 0 Å². The van der Waals surface area contributed by atoms with Gasteiger partial charge in [-0.25, -0.2) is 9.78 Å². The number of anilines is 1. The summed E-state index contributed by atoms with van der Waals surface area (Å²) < 4.78 is 5.23. The summed E-state index contributed by atoms with van der Waals surface area (Å²) in [5, 5.41) is 3.65. The Morgan fingerprint density at radius 3 is 2.48 bits per heavy atom. The number of aromatic nitrogens is 1. The van der Waals surface area contributed by atoms with E-state index in [1.54, 1.807) is 24.3 Å². The van der Waals surface area contributed by atoms with Crippen LogP contribution in [0, 0.1) is 6.92 Å². The predicted molar refractivity (Wildman–Crippen MR) is 96.4 cm³/mol. The van der Waals surface area contributed by atoms with Crippen LogP contribution in [0.4, 0.5) is 5.69 Å². The lowest BCUT2D eigenvalue weighted by molar-refractivity contribution is -0.123. The predicted octanol–water partition coefficient (Wildman–Crippen LogP) is 3.73. The maximum Gasteiger partial charge on any atom is 0.357 e. The average Bonchev–Trinajstić information content (AvgIpc) is 2.63. The summed E-state index contributed by atoms with van der Waals surface area (Å²) in [6.07, 6.45) is -0.929. The van der Waals surface area contributed by atoms with E-state index < -0.39 is 18.0 Å². The fraction of sp³-hybridized carbons (Fsp3) is 0.150. The summed E-state index contributed by atoms with van der Waals surface area (Å²) in [5.41, 5.74) is 2.63. The monoisotopic (exact) mass is 334 g/mol. The molecular formula is C20H18N2O3. The van der Waals surface area contributed by atoms with Crippen LogP contribution in [0.2, 0.25) is 0 Å². The first kappa shape index (κ1) is 16.6. The van der Waals surface area contributed by atoms with Crippen LogP contribution in [0.5, 0.6) is 0 Å². The Morgan fingerprint density at radius 2 is 1.72 bits per heavy atom. The SMILES string of the molecule is Cc1ccc(NC(=O)[C@H](C)OC(=O)c2ccc3ccccc3n2)cc1. The van der Waals surface area contributed by atoms with E-state index in [9.17, 15) is 9.59 Å². The third-order valence-electron chi connectivity index (χ3n) is 3.78. The van der Waals surface area contributed by atoms with E-state index in [0.717, 1.165) is 10.9 Å². The lowest BCUT2D eigenvalue weighted by atomic mass is 10.2. The molecule has 25 heavy (non-hydrogen) atoms. The molecule has 1 atom stereocenters. The first-order valence-corrected chi connectivity index (χ1v) is 7.97. The van der Waals surface area contributed by atoms with Crippen molar-refractivity contribution in [1.29, 1.82) is 0 Å². The molecule has 5 heteroatoms. The number of carbonyl (C=O) groups excluding carboxylic acids is 2. The molecule has 0 radical (unpaired) electrons. The van der Waals surface area contributed by atoms with Gasteiger partial charge in [-0.15, -0.1) is 0 Å². The summed E-state index contributed by atoms with van der Waals surface area (Å²) in [4.78, 5) is 28.7. The minimum absolute atomic E-state index is 0.175. The van der Waals surface area contributed by atoms with Crippen molar-refractivity contribution < 1.29 is 14.3 Å². The van der Waals surface area contributed by atoms with Crippen molar-refractivity contribution in [3.05, 3.63) is 71.9 Å². The van der Waals surface area contributed by atoms with Crippen LogP contribution in [-0.4, -0.2) is 23.0 Å². The van der Waals surface area contributed by atoms with Crippen molar-refractivity contribution in [2.45, 2.75) is 20.0 Å². The summed E-state index contributed by atoms with van der Waals surface area (Å²) in [5.74, 6) is -1.02. The first-order valence-electron chi connectivity index (χ1n) is 7.97. The van der Waals surface area contributed by atoms with Gasteiger partial charge in [0.2, 0.25) is 0 Å². The number of pyridine rings is 1. The molecule has 3 aromatic rings. The molecule has 3 rings (SSSR count). The Balaban J connectivity index is 1.66. The van der Waals surface area contributed by atoms with Gasteiger partial charge in [0.15, 0.2) is 6.10 Å². The van der Waals surface area contributed by atoms with Crippen molar-refractivity contribution in [1.82, 2.24) is 4.98 Å². The van der Waals surface area contributed by atoms with Crippen LogP contribution in [0.25, 0.3) is 10.9 Å². The molecule has 2 aromatic carbocycles. The molecule has 0 fully saturated rings. The average molecular weight is 334 g/mol. The Labute approximate surface area is 145 Å². The van der Waals surface area contributed by atoms with E-state index in [2.05, 4.69) is 10.3 Å². The fourth-order valence-electron chi connectivity index (χ4n) is 2.33. The first-order chi connectivity index (χ1) is 12.0. The quantitative estimate of drug-likeness (QED) is 0.738. The van der Waals surface area contributed by atoms with Gasteiger partial charge in [0.1, 0.15) is 5.69 Å². The molecule has 0 aliphatic rings. The number of amides is 1. The third kappa shape index (κ3) is 4.01. The van der Waals surface area contributed by atoms with Gasteiger partial charge < -0.3 is 10.1 Å². The number of para-hydroxylation sites is 1. The summed E-state index contributed by atoms with van der Waals surface area (Å²) in [7, 11) is 0. The number of carbonyl (C=O) groups is 2. The number of ether oxygens (including phenoxy) is 1. The Hall–Kier alpha value is -3.21. The second kappa shape index (κ2) is 7.13. The number of hydrogen-bond acceptors (Lipinski definition) is 4. The van der Waals surface area contributed by atoms with Gasteiger partial charge >= 0.3 is 5.97 Å². The van der Waals surface area contributed by atoms with E-state index in [4.69, 9.17) is 4.74 Å². The molecule has 1 N–H and O–H groups in total. The van der Waals surface area contributed by atoms with E-state index in [-0.39, 0.29) is 5.69 Å². The summed E-state index contributed by atoms with van der Waals surface area (Å²) in [6.45, 7) is 3.50. The summed E-state index contributed by atoms with van der Waals surface area (Å²) >= 11 is 0. The maximum absolute atomic E-state index is 12.2. The van der Waals surface area contributed by atoms with E-state index in [1.807, 2.05) is 43.3 Å². The second-order valence-electron chi connectivity index (χ2n) is 5.79. The van der Waals surface area contributed by atoms with Crippen LogP contribution in [0.15, 0.2) is 60.7 Å². The topological polar surface area (TPSA) is 68.3 Å². The lowest BCUT2D eigenvalue weighted by Crippen LogP contribution is -2.30. The molecule has 5 nitrogen and oxygen atoms in total. The van der Waals surface area contributed by atoms with Gasteiger partial charge in [-0.3, -0.25) is 4.79 Å². The van der Waals surface area contributed by atoms with E-state index >= 15 is 0 Å². The molecule has 1 amide bonds. The second-order valence-corrected chi connectivity index (χ2v) is 5.79. The molecular weight excluding hydrogens is 316 g/mol. The number of nitrogens with zero attached hydrogens (tertiary/aromatic N) is 1. The van der Waals surface area contributed by atoms with Crippen molar-refractivity contribution in [2.75, 3.05) is 5.32 Å². The number of nitrogens with one attached hydrogen (secondary N) is 1. The lowest BCUT2D eigenvalue weighted by Gasteiger charge is -2.13. The van der Waals surface area contributed by atoms with Crippen molar-refractivity contribution in [3.8, 4) is 0 Å². The van der Waals surface area contributed by atoms with Crippen molar-refractivity contribution in [3.63, 3.8) is 0 Å².